The van der Waals surface area contributed by atoms with Gasteiger partial charge in [-0.1, -0.05) is 27.2 Å². The smallest absolute Gasteiger partial charge is 0.255 e. The Morgan fingerprint density at radius 3 is 2.34 bits per heavy atom. The number of rotatable bonds is 12. The second-order valence-electron chi connectivity index (χ2n) is 9.07. The van der Waals surface area contributed by atoms with Crippen LogP contribution in [0.4, 0.5) is 11.4 Å². The van der Waals surface area contributed by atoms with E-state index in [0.717, 1.165) is 12.8 Å². The summed E-state index contributed by atoms with van der Waals surface area (Å²) in [6.07, 6.45) is 2.08. The van der Waals surface area contributed by atoms with E-state index in [4.69, 9.17) is 4.74 Å². The fourth-order valence-electron chi connectivity index (χ4n) is 4.31. The first-order chi connectivity index (χ1) is 18.1. The lowest BCUT2D eigenvalue weighted by Crippen LogP contribution is -2.30. The van der Waals surface area contributed by atoms with Gasteiger partial charge in [0.2, 0.25) is 21.8 Å². The maximum Gasteiger partial charge on any atom is 0.255 e. The molecule has 11 heteroatoms. The van der Waals surface area contributed by atoms with Gasteiger partial charge in [0.25, 0.3) is 5.91 Å². The number of nitrogens with zero attached hydrogens (tertiary/aromatic N) is 2. The minimum atomic E-state index is -3.72. The van der Waals surface area contributed by atoms with Crippen LogP contribution in [0.3, 0.4) is 0 Å². The molecule has 38 heavy (non-hydrogen) atoms. The Morgan fingerprint density at radius 2 is 1.74 bits per heavy atom. The van der Waals surface area contributed by atoms with Crippen LogP contribution in [0, 0.1) is 5.92 Å². The first kappa shape index (κ1) is 29.1. The van der Waals surface area contributed by atoms with Gasteiger partial charge in [-0.15, -0.1) is 0 Å². The third-order valence-corrected chi connectivity index (χ3v) is 8.59. The van der Waals surface area contributed by atoms with E-state index in [0.29, 0.717) is 43.2 Å². The van der Waals surface area contributed by atoms with E-state index < -0.39 is 21.8 Å². The van der Waals surface area contributed by atoms with E-state index in [2.05, 4.69) is 17.6 Å². The SMILES string of the molecule is CCCCN1CC(C(=O)Nc2ccc(C(=O)Nc3cc(S(=O)(=O)N(CC)CC)ccc3OC)cc2)CC1=O. The fraction of sp³-hybridized carbons (Fsp3) is 0.444. The number of amides is 3. The number of benzene rings is 2. The van der Waals surface area contributed by atoms with Crippen LogP contribution in [0.1, 0.15) is 50.4 Å². The molecular weight excluding hydrogens is 508 g/mol. The molecule has 1 aliphatic heterocycles. The van der Waals surface area contributed by atoms with Gasteiger partial charge in [-0.2, -0.15) is 4.31 Å². The van der Waals surface area contributed by atoms with Gasteiger partial charge in [-0.25, -0.2) is 8.42 Å². The minimum absolute atomic E-state index is 0.00462. The van der Waals surface area contributed by atoms with Gasteiger partial charge in [-0.05, 0) is 48.9 Å². The van der Waals surface area contributed by atoms with Crippen molar-refractivity contribution in [2.24, 2.45) is 5.92 Å². The maximum absolute atomic E-state index is 12.9. The Labute approximate surface area is 224 Å². The molecule has 0 bridgehead atoms. The van der Waals surface area contributed by atoms with Gasteiger partial charge in [-0.3, -0.25) is 14.4 Å². The van der Waals surface area contributed by atoms with Crippen LogP contribution >= 0.6 is 0 Å². The van der Waals surface area contributed by atoms with Gasteiger partial charge in [0.1, 0.15) is 5.75 Å². The molecule has 1 fully saturated rings. The molecule has 0 saturated carbocycles. The molecular formula is C27H36N4O6S. The summed E-state index contributed by atoms with van der Waals surface area (Å²) in [6.45, 7) is 7.30. The van der Waals surface area contributed by atoms with Gasteiger partial charge in [0, 0.05) is 43.9 Å². The van der Waals surface area contributed by atoms with Crippen molar-refractivity contribution in [1.29, 1.82) is 0 Å². The summed E-state index contributed by atoms with van der Waals surface area (Å²) in [4.78, 5) is 39.6. The summed E-state index contributed by atoms with van der Waals surface area (Å²) < 4.78 is 32.5. The van der Waals surface area contributed by atoms with Crippen molar-refractivity contribution in [2.75, 3.05) is 43.9 Å². The summed E-state index contributed by atoms with van der Waals surface area (Å²) in [5.74, 6) is -0.790. The van der Waals surface area contributed by atoms with Crippen LogP contribution in [0.25, 0.3) is 0 Å². The lowest BCUT2D eigenvalue weighted by Gasteiger charge is -2.19. The number of hydrogen-bond acceptors (Lipinski definition) is 6. The molecule has 0 spiro atoms. The van der Waals surface area contributed by atoms with Crippen molar-refractivity contribution in [3.8, 4) is 5.75 Å². The van der Waals surface area contributed by atoms with E-state index in [9.17, 15) is 22.8 Å². The number of carbonyl (C=O) groups is 3. The topological polar surface area (TPSA) is 125 Å². The summed E-state index contributed by atoms with van der Waals surface area (Å²) in [7, 11) is -2.29. The molecule has 10 nitrogen and oxygen atoms in total. The molecule has 2 aromatic rings. The zero-order valence-corrected chi connectivity index (χ0v) is 23.1. The van der Waals surface area contributed by atoms with Gasteiger partial charge in [0.15, 0.2) is 0 Å². The first-order valence-electron chi connectivity index (χ1n) is 12.8. The van der Waals surface area contributed by atoms with Crippen LogP contribution in [0.15, 0.2) is 47.4 Å². The Kier molecular flexibility index (Phi) is 9.87. The largest absolute Gasteiger partial charge is 0.495 e. The maximum atomic E-state index is 12.9. The molecule has 206 valence electrons. The van der Waals surface area contributed by atoms with Crippen molar-refractivity contribution in [1.82, 2.24) is 9.21 Å². The molecule has 1 saturated heterocycles. The summed E-state index contributed by atoms with van der Waals surface area (Å²) in [5.41, 5.74) is 1.04. The monoisotopic (exact) mass is 544 g/mol. The molecule has 3 rings (SSSR count). The molecule has 0 aliphatic carbocycles. The van der Waals surface area contributed by atoms with Gasteiger partial charge >= 0.3 is 0 Å². The van der Waals surface area contributed by atoms with Crippen molar-refractivity contribution in [3.05, 3.63) is 48.0 Å². The molecule has 0 radical (unpaired) electrons. The van der Waals surface area contributed by atoms with Gasteiger partial charge in [0.05, 0.1) is 23.6 Å². The molecule has 1 atom stereocenters. The Morgan fingerprint density at radius 1 is 1.05 bits per heavy atom. The standard InChI is InChI=1S/C27H36N4O6S/c1-5-8-15-30-18-20(16-25(30)32)27(34)28-21-11-9-19(10-12-21)26(33)29-23-17-22(13-14-24(23)37-4)38(35,36)31(6-2)7-3/h9-14,17,20H,5-8,15-16,18H2,1-4H3,(H,28,34)(H,29,33). The Hall–Kier alpha value is -3.44. The molecule has 1 heterocycles. The quantitative estimate of drug-likeness (QED) is 0.421. The van der Waals surface area contributed by atoms with Crippen LogP contribution < -0.4 is 15.4 Å². The highest BCUT2D eigenvalue weighted by Crippen LogP contribution is 2.29. The number of likely N-dealkylation sites (tertiary alicyclic amines) is 1. The predicted octanol–water partition coefficient (Wildman–Crippen LogP) is 3.57. The fourth-order valence-corrected chi connectivity index (χ4v) is 5.80. The number of nitrogens with one attached hydrogen (secondary N) is 2. The van der Waals surface area contributed by atoms with Crippen LogP contribution in [0.5, 0.6) is 5.75 Å². The van der Waals surface area contributed by atoms with Crippen LogP contribution in [-0.2, 0) is 19.6 Å². The minimum Gasteiger partial charge on any atom is -0.495 e. The summed E-state index contributed by atoms with van der Waals surface area (Å²) >= 11 is 0. The molecule has 1 unspecified atom stereocenters. The number of anilines is 2. The Balaban J connectivity index is 1.68. The average Bonchev–Trinajstić information content (AvgIpc) is 3.28. The highest BCUT2D eigenvalue weighted by molar-refractivity contribution is 7.89. The summed E-state index contributed by atoms with van der Waals surface area (Å²) in [6, 6.07) is 10.7. The van der Waals surface area contributed by atoms with Crippen LogP contribution in [-0.4, -0.2) is 68.6 Å². The van der Waals surface area contributed by atoms with Crippen molar-refractivity contribution in [2.45, 2.75) is 44.9 Å². The molecule has 2 N–H and O–H groups in total. The summed E-state index contributed by atoms with van der Waals surface area (Å²) in [5, 5.41) is 5.54. The zero-order valence-electron chi connectivity index (χ0n) is 22.3. The highest BCUT2D eigenvalue weighted by atomic mass is 32.2. The molecule has 3 amide bonds. The normalized spacial score (nSPS) is 15.6. The second kappa shape index (κ2) is 12.9. The average molecular weight is 545 g/mol. The number of unbranched alkanes of at least 4 members (excludes halogenated alkanes) is 1. The van der Waals surface area contributed by atoms with Crippen molar-refractivity contribution < 1.29 is 27.5 Å². The molecule has 1 aliphatic rings. The molecule has 2 aromatic carbocycles. The number of sulfonamides is 1. The van der Waals surface area contributed by atoms with Crippen LogP contribution in [0.2, 0.25) is 0 Å². The van der Waals surface area contributed by atoms with Crippen molar-refractivity contribution >= 4 is 39.1 Å². The predicted molar refractivity (Wildman–Crippen MR) is 146 cm³/mol. The first-order valence-corrected chi connectivity index (χ1v) is 14.3. The number of carbonyl (C=O) groups excluding carboxylic acids is 3. The lowest BCUT2D eigenvalue weighted by molar-refractivity contribution is -0.128. The van der Waals surface area contributed by atoms with E-state index in [1.54, 1.807) is 43.0 Å². The van der Waals surface area contributed by atoms with Gasteiger partial charge < -0.3 is 20.3 Å². The second-order valence-corrected chi connectivity index (χ2v) is 11.0. The number of hydrogen-bond donors (Lipinski definition) is 2. The third-order valence-electron chi connectivity index (χ3n) is 6.54. The number of ether oxygens (including phenoxy) is 1. The van der Waals surface area contributed by atoms with E-state index in [1.165, 1.54) is 29.6 Å². The van der Waals surface area contributed by atoms with E-state index in [-0.39, 0.29) is 28.8 Å². The highest BCUT2D eigenvalue weighted by Gasteiger charge is 2.33. The van der Waals surface area contributed by atoms with E-state index in [1.807, 2.05) is 0 Å². The lowest BCUT2D eigenvalue weighted by atomic mass is 10.1. The van der Waals surface area contributed by atoms with E-state index >= 15 is 0 Å². The molecule has 0 aromatic heterocycles. The Bertz CT molecular complexity index is 1260. The van der Waals surface area contributed by atoms with Crippen molar-refractivity contribution in [3.63, 3.8) is 0 Å². The zero-order chi connectivity index (χ0) is 27.9. The third kappa shape index (κ3) is 6.70. The number of methoxy groups -OCH3 is 1.